The van der Waals surface area contributed by atoms with Crippen LogP contribution in [0.4, 0.5) is 10.1 Å². The van der Waals surface area contributed by atoms with Gasteiger partial charge in [0.25, 0.3) is 0 Å². The number of hydrogen-bond donors (Lipinski definition) is 2. The number of imidazole rings is 1. The van der Waals surface area contributed by atoms with Crippen molar-refractivity contribution in [2.75, 3.05) is 11.9 Å². The minimum Gasteiger partial charge on any atom is -0.356 e. The Bertz CT molecular complexity index is 1040. The highest BCUT2D eigenvalue weighted by molar-refractivity contribution is 5.91. The van der Waals surface area contributed by atoms with Crippen LogP contribution in [0, 0.1) is 11.7 Å². The maximum atomic E-state index is 13.8. The van der Waals surface area contributed by atoms with Crippen molar-refractivity contribution in [2.24, 2.45) is 5.92 Å². The van der Waals surface area contributed by atoms with E-state index in [2.05, 4.69) is 15.6 Å². The summed E-state index contributed by atoms with van der Waals surface area (Å²) in [6, 6.07) is 13.7. The van der Waals surface area contributed by atoms with Crippen LogP contribution in [0.15, 0.2) is 48.5 Å². The fourth-order valence-electron chi connectivity index (χ4n) is 3.34. The molecule has 0 unspecified atom stereocenters. The predicted octanol–water partition coefficient (Wildman–Crippen LogP) is 3.27. The Labute approximate surface area is 168 Å². The van der Waals surface area contributed by atoms with Gasteiger partial charge in [-0.2, -0.15) is 0 Å². The van der Waals surface area contributed by atoms with Crippen molar-refractivity contribution in [1.29, 1.82) is 0 Å². The van der Waals surface area contributed by atoms with Crippen molar-refractivity contribution < 1.29 is 14.0 Å². The molecule has 1 saturated carbocycles. The molecule has 4 rings (SSSR count). The van der Waals surface area contributed by atoms with Crippen LogP contribution in [0.1, 0.15) is 25.1 Å². The standard InChI is InChI=1S/C22H23FN4O2/c23-16-6-1-2-7-17(16)26-21(28)14-27-19-9-4-3-8-18(19)25-20(27)10-5-13-24-22(29)15-11-12-15/h1-4,6-9,15H,5,10-14H2,(H,24,29)(H,26,28). The molecule has 3 aromatic rings. The molecule has 0 spiro atoms. The van der Waals surface area contributed by atoms with E-state index in [0.29, 0.717) is 13.0 Å². The van der Waals surface area contributed by atoms with E-state index in [0.717, 1.165) is 36.1 Å². The molecule has 0 radical (unpaired) electrons. The molecule has 6 nitrogen and oxygen atoms in total. The number of halogens is 1. The molecule has 1 heterocycles. The summed E-state index contributed by atoms with van der Waals surface area (Å²) in [7, 11) is 0. The second-order valence-corrected chi connectivity index (χ2v) is 7.30. The minimum atomic E-state index is -0.469. The molecule has 2 amide bonds. The van der Waals surface area contributed by atoms with Gasteiger partial charge in [0, 0.05) is 18.9 Å². The molecule has 0 bridgehead atoms. The average molecular weight is 394 g/mol. The van der Waals surface area contributed by atoms with Gasteiger partial charge in [-0.05, 0) is 43.5 Å². The van der Waals surface area contributed by atoms with Crippen molar-refractivity contribution in [3.05, 3.63) is 60.2 Å². The van der Waals surface area contributed by atoms with Crippen LogP contribution in [0.25, 0.3) is 11.0 Å². The zero-order chi connectivity index (χ0) is 20.2. The number of nitrogens with one attached hydrogen (secondary N) is 2. The molecule has 7 heteroatoms. The van der Waals surface area contributed by atoms with Crippen LogP contribution in [0.3, 0.4) is 0 Å². The van der Waals surface area contributed by atoms with Crippen molar-refractivity contribution in [2.45, 2.75) is 32.2 Å². The average Bonchev–Trinajstić information content (AvgIpc) is 3.51. The lowest BCUT2D eigenvalue weighted by molar-refractivity contribution is -0.122. The van der Waals surface area contributed by atoms with Crippen LogP contribution in [0.5, 0.6) is 0 Å². The topological polar surface area (TPSA) is 76.0 Å². The third kappa shape index (κ3) is 4.62. The van der Waals surface area contributed by atoms with E-state index in [1.165, 1.54) is 12.1 Å². The van der Waals surface area contributed by atoms with Gasteiger partial charge in [0.2, 0.25) is 11.8 Å². The molecule has 29 heavy (non-hydrogen) atoms. The number of rotatable bonds is 8. The number of hydrogen-bond acceptors (Lipinski definition) is 3. The number of fused-ring (bicyclic) bond motifs is 1. The number of nitrogens with zero attached hydrogens (tertiary/aromatic N) is 2. The summed E-state index contributed by atoms with van der Waals surface area (Å²) in [4.78, 5) is 29.0. The van der Waals surface area contributed by atoms with Gasteiger partial charge in [0.05, 0.1) is 16.7 Å². The van der Waals surface area contributed by atoms with E-state index >= 15 is 0 Å². The normalized spacial score (nSPS) is 13.4. The Kier molecular flexibility index (Phi) is 5.55. The van der Waals surface area contributed by atoms with Gasteiger partial charge in [-0.1, -0.05) is 24.3 Å². The van der Waals surface area contributed by atoms with Gasteiger partial charge < -0.3 is 15.2 Å². The summed E-state index contributed by atoms with van der Waals surface area (Å²) >= 11 is 0. The number of carbonyl (C=O) groups excluding carboxylic acids is 2. The summed E-state index contributed by atoms with van der Waals surface area (Å²) < 4.78 is 15.7. The van der Waals surface area contributed by atoms with Gasteiger partial charge in [0.1, 0.15) is 18.2 Å². The number of carbonyl (C=O) groups is 2. The highest BCUT2D eigenvalue weighted by atomic mass is 19.1. The maximum absolute atomic E-state index is 13.8. The number of benzene rings is 2. The SMILES string of the molecule is O=C(Cn1c(CCCNC(=O)C2CC2)nc2ccccc21)Nc1ccccc1F. The zero-order valence-electron chi connectivity index (χ0n) is 16.0. The van der Waals surface area contributed by atoms with E-state index in [1.807, 2.05) is 28.8 Å². The summed E-state index contributed by atoms with van der Waals surface area (Å²) in [5.41, 5.74) is 1.82. The molecule has 150 valence electrons. The van der Waals surface area contributed by atoms with Crippen molar-refractivity contribution in [1.82, 2.24) is 14.9 Å². The molecule has 0 saturated heterocycles. The predicted molar refractivity (Wildman–Crippen MR) is 109 cm³/mol. The number of para-hydroxylation sites is 3. The molecule has 2 aromatic carbocycles. The highest BCUT2D eigenvalue weighted by Gasteiger charge is 2.29. The first kappa shape index (κ1) is 19.1. The van der Waals surface area contributed by atoms with Crippen molar-refractivity contribution >= 4 is 28.5 Å². The van der Waals surface area contributed by atoms with Crippen LogP contribution < -0.4 is 10.6 Å². The molecule has 2 N–H and O–H groups in total. The van der Waals surface area contributed by atoms with Gasteiger partial charge in [0.15, 0.2) is 0 Å². The lowest BCUT2D eigenvalue weighted by atomic mass is 10.2. The zero-order valence-corrected chi connectivity index (χ0v) is 16.0. The molecule has 1 aromatic heterocycles. The highest BCUT2D eigenvalue weighted by Crippen LogP contribution is 2.28. The first-order valence-electron chi connectivity index (χ1n) is 9.88. The Hall–Kier alpha value is -3.22. The van der Waals surface area contributed by atoms with Crippen LogP contribution >= 0.6 is 0 Å². The number of aromatic nitrogens is 2. The first-order valence-corrected chi connectivity index (χ1v) is 9.88. The molecule has 0 aliphatic heterocycles. The third-order valence-corrected chi connectivity index (χ3v) is 5.01. The van der Waals surface area contributed by atoms with E-state index in [-0.39, 0.29) is 30.0 Å². The summed E-state index contributed by atoms with van der Waals surface area (Å²) in [6.07, 6.45) is 3.33. The first-order chi connectivity index (χ1) is 14.1. The summed E-state index contributed by atoms with van der Waals surface area (Å²) in [5.74, 6) is 0.310. The largest absolute Gasteiger partial charge is 0.356 e. The fourth-order valence-corrected chi connectivity index (χ4v) is 3.34. The number of aryl methyl sites for hydroxylation is 1. The fraction of sp³-hybridized carbons (Fsp3) is 0.318. The van der Waals surface area contributed by atoms with E-state index in [1.54, 1.807) is 12.1 Å². The Morgan fingerprint density at radius 2 is 1.86 bits per heavy atom. The monoisotopic (exact) mass is 394 g/mol. The molecule has 1 aliphatic carbocycles. The molecular formula is C22H23FN4O2. The third-order valence-electron chi connectivity index (χ3n) is 5.01. The van der Waals surface area contributed by atoms with Gasteiger partial charge in [-0.3, -0.25) is 9.59 Å². The lowest BCUT2D eigenvalue weighted by Crippen LogP contribution is -2.26. The number of anilines is 1. The minimum absolute atomic E-state index is 0.0403. The van der Waals surface area contributed by atoms with Gasteiger partial charge in [-0.15, -0.1) is 0 Å². The Morgan fingerprint density at radius 3 is 2.66 bits per heavy atom. The maximum Gasteiger partial charge on any atom is 0.244 e. The van der Waals surface area contributed by atoms with Crippen LogP contribution in [-0.2, 0) is 22.6 Å². The molecule has 0 atom stereocenters. The smallest absolute Gasteiger partial charge is 0.244 e. The van der Waals surface area contributed by atoms with E-state index < -0.39 is 5.82 Å². The second kappa shape index (κ2) is 8.43. The second-order valence-electron chi connectivity index (χ2n) is 7.30. The molecule has 1 aliphatic rings. The summed E-state index contributed by atoms with van der Waals surface area (Å²) in [5, 5.41) is 5.57. The van der Waals surface area contributed by atoms with E-state index in [9.17, 15) is 14.0 Å². The Balaban J connectivity index is 1.45. The van der Waals surface area contributed by atoms with Crippen molar-refractivity contribution in [3.63, 3.8) is 0 Å². The number of amides is 2. The van der Waals surface area contributed by atoms with Crippen LogP contribution in [0.2, 0.25) is 0 Å². The van der Waals surface area contributed by atoms with Crippen LogP contribution in [-0.4, -0.2) is 27.9 Å². The lowest BCUT2D eigenvalue weighted by Gasteiger charge is -2.11. The Morgan fingerprint density at radius 1 is 1.10 bits per heavy atom. The quantitative estimate of drug-likeness (QED) is 0.576. The molecular weight excluding hydrogens is 371 g/mol. The summed E-state index contributed by atoms with van der Waals surface area (Å²) in [6.45, 7) is 0.624. The van der Waals surface area contributed by atoms with Crippen molar-refractivity contribution in [3.8, 4) is 0 Å². The molecule has 1 fully saturated rings. The van der Waals surface area contributed by atoms with Gasteiger partial charge in [-0.25, -0.2) is 9.37 Å². The van der Waals surface area contributed by atoms with Gasteiger partial charge >= 0.3 is 0 Å². The van der Waals surface area contributed by atoms with E-state index in [4.69, 9.17) is 0 Å².